The van der Waals surface area contributed by atoms with Gasteiger partial charge in [0.2, 0.25) is 0 Å². The summed E-state index contributed by atoms with van der Waals surface area (Å²) < 4.78 is 5.50. The summed E-state index contributed by atoms with van der Waals surface area (Å²) in [5, 5.41) is 9.94. The van der Waals surface area contributed by atoms with Crippen LogP contribution in [-0.2, 0) is 9.53 Å². The van der Waals surface area contributed by atoms with Crippen LogP contribution in [0.1, 0.15) is 18.6 Å². The van der Waals surface area contributed by atoms with E-state index in [0.29, 0.717) is 5.56 Å². The second kappa shape index (κ2) is 5.82. The van der Waals surface area contributed by atoms with E-state index in [1.165, 1.54) is 0 Å². The normalized spacial score (nSPS) is 11.9. The molecule has 0 aliphatic carbocycles. The SMILES string of the molecule is C=C(C(=O)OCC)[C@@H](O)c1ccccc1Br. The Labute approximate surface area is 103 Å². The van der Waals surface area contributed by atoms with Crippen LogP contribution in [0.5, 0.6) is 0 Å². The molecule has 0 aromatic heterocycles. The standard InChI is InChI=1S/C12H13BrO3/c1-3-16-12(15)8(2)11(14)9-6-4-5-7-10(9)13/h4-7,11,14H,2-3H2,1H3/t11-/m1/s1. The second-order valence-corrected chi connectivity index (χ2v) is 4.02. The molecule has 16 heavy (non-hydrogen) atoms. The van der Waals surface area contributed by atoms with Crippen LogP contribution in [0.2, 0.25) is 0 Å². The molecule has 0 saturated carbocycles. The van der Waals surface area contributed by atoms with E-state index in [2.05, 4.69) is 22.5 Å². The minimum Gasteiger partial charge on any atom is -0.463 e. The van der Waals surface area contributed by atoms with Gasteiger partial charge < -0.3 is 9.84 Å². The summed E-state index contributed by atoms with van der Waals surface area (Å²) in [6.07, 6.45) is -1.05. The minimum atomic E-state index is -1.05. The Bertz CT molecular complexity index is 401. The number of rotatable bonds is 4. The van der Waals surface area contributed by atoms with Gasteiger partial charge in [-0.3, -0.25) is 0 Å². The topological polar surface area (TPSA) is 46.5 Å². The summed E-state index contributed by atoms with van der Waals surface area (Å²) in [6, 6.07) is 7.12. The highest BCUT2D eigenvalue weighted by molar-refractivity contribution is 9.10. The maximum absolute atomic E-state index is 11.4. The molecular formula is C12H13BrO3. The molecule has 0 amide bonds. The maximum Gasteiger partial charge on any atom is 0.336 e. The number of ether oxygens (including phenoxy) is 1. The van der Waals surface area contributed by atoms with Crippen molar-refractivity contribution in [3.8, 4) is 0 Å². The van der Waals surface area contributed by atoms with Gasteiger partial charge in [0.15, 0.2) is 0 Å². The Balaban J connectivity index is 2.86. The van der Waals surface area contributed by atoms with E-state index in [1.54, 1.807) is 25.1 Å². The summed E-state index contributed by atoms with van der Waals surface area (Å²) in [4.78, 5) is 11.4. The largest absolute Gasteiger partial charge is 0.463 e. The van der Waals surface area contributed by atoms with Gasteiger partial charge in [0.05, 0.1) is 12.2 Å². The number of hydrogen-bond acceptors (Lipinski definition) is 3. The third-order valence-corrected chi connectivity index (χ3v) is 2.79. The number of aliphatic hydroxyl groups is 1. The van der Waals surface area contributed by atoms with Crippen molar-refractivity contribution >= 4 is 21.9 Å². The third-order valence-electron chi connectivity index (χ3n) is 2.07. The molecule has 1 aromatic carbocycles. The van der Waals surface area contributed by atoms with Gasteiger partial charge in [0, 0.05) is 4.47 Å². The van der Waals surface area contributed by atoms with E-state index in [0.717, 1.165) is 4.47 Å². The monoisotopic (exact) mass is 284 g/mol. The maximum atomic E-state index is 11.4. The first-order valence-electron chi connectivity index (χ1n) is 4.86. The molecular weight excluding hydrogens is 272 g/mol. The lowest BCUT2D eigenvalue weighted by molar-refractivity contribution is -0.139. The zero-order chi connectivity index (χ0) is 12.1. The summed E-state index contributed by atoms with van der Waals surface area (Å²) in [5.74, 6) is -0.578. The van der Waals surface area contributed by atoms with Crippen molar-refractivity contribution in [3.63, 3.8) is 0 Å². The lowest BCUT2D eigenvalue weighted by Crippen LogP contribution is -2.14. The van der Waals surface area contributed by atoms with E-state index >= 15 is 0 Å². The molecule has 0 bridgehead atoms. The zero-order valence-electron chi connectivity index (χ0n) is 8.94. The first-order valence-corrected chi connectivity index (χ1v) is 5.65. The first kappa shape index (κ1) is 12.9. The Morgan fingerprint density at radius 1 is 1.56 bits per heavy atom. The number of carbonyl (C=O) groups is 1. The molecule has 0 saturated heterocycles. The van der Waals surface area contributed by atoms with Crippen LogP contribution in [0.4, 0.5) is 0 Å². The molecule has 1 rings (SSSR count). The van der Waals surface area contributed by atoms with Gasteiger partial charge in [-0.2, -0.15) is 0 Å². The van der Waals surface area contributed by atoms with Gasteiger partial charge in [-0.1, -0.05) is 40.7 Å². The van der Waals surface area contributed by atoms with Crippen molar-refractivity contribution in [2.75, 3.05) is 6.61 Å². The molecule has 3 nitrogen and oxygen atoms in total. The Kier molecular flexibility index (Phi) is 4.71. The lowest BCUT2D eigenvalue weighted by atomic mass is 10.0. The van der Waals surface area contributed by atoms with Crippen LogP contribution < -0.4 is 0 Å². The summed E-state index contributed by atoms with van der Waals surface area (Å²) >= 11 is 3.30. The first-order chi connectivity index (χ1) is 7.57. The number of benzene rings is 1. The van der Waals surface area contributed by atoms with Crippen molar-refractivity contribution in [3.05, 3.63) is 46.5 Å². The zero-order valence-corrected chi connectivity index (χ0v) is 10.5. The summed E-state index contributed by atoms with van der Waals surface area (Å²) in [6.45, 7) is 5.51. The molecule has 0 aliphatic heterocycles. The highest BCUT2D eigenvalue weighted by Gasteiger charge is 2.20. The fourth-order valence-electron chi connectivity index (χ4n) is 1.22. The van der Waals surface area contributed by atoms with Gasteiger partial charge in [-0.15, -0.1) is 0 Å². The average molecular weight is 285 g/mol. The van der Waals surface area contributed by atoms with Crippen molar-refractivity contribution in [1.82, 2.24) is 0 Å². The highest BCUT2D eigenvalue weighted by Crippen LogP contribution is 2.27. The van der Waals surface area contributed by atoms with Gasteiger partial charge in [-0.05, 0) is 18.6 Å². The smallest absolute Gasteiger partial charge is 0.336 e. The fraction of sp³-hybridized carbons (Fsp3) is 0.250. The van der Waals surface area contributed by atoms with Crippen LogP contribution in [-0.4, -0.2) is 17.7 Å². The Morgan fingerprint density at radius 2 is 2.19 bits per heavy atom. The molecule has 0 aliphatic rings. The minimum absolute atomic E-state index is 0.0359. The third kappa shape index (κ3) is 2.93. The molecule has 1 aromatic rings. The molecule has 86 valence electrons. The molecule has 1 atom stereocenters. The molecule has 0 fully saturated rings. The van der Waals surface area contributed by atoms with Gasteiger partial charge in [-0.25, -0.2) is 4.79 Å². The summed E-state index contributed by atoms with van der Waals surface area (Å²) in [5.41, 5.74) is 0.634. The summed E-state index contributed by atoms with van der Waals surface area (Å²) in [7, 11) is 0. The van der Waals surface area contributed by atoms with Gasteiger partial charge >= 0.3 is 5.97 Å². The van der Waals surface area contributed by atoms with E-state index in [1.807, 2.05) is 6.07 Å². The second-order valence-electron chi connectivity index (χ2n) is 3.17. The Morgan fingerprint density at radius 3 is 2.75 bits per heavy atom. The molecule has 0 unspecified atom stereocenters. The quantitative estimate of drug-likeness (QED) is 0.683. The molecule has 4 heteroatoms. The Hall–Kier alpha value is -1.13. The van der Waals surface area contributed by atoms with Gasteiger partial charge in [0.1, 0.15) is 6.10 Å². The lowest BCUT2D eigenvalue weighted by Gasteiger charge is -2.14. The van der Waals surface area contributed by atoms with Crippen molar-refractivity contribution < 1.29 is 14.6 Å². The van der Waals surface area contributed by atoms with Crippen LogP contribution in [0.3, 0.4) is 0 Å². The molecule has 0 heterocycles. The molecule has 0 spiro atoms. The van der Waals surface area contributed by atoms with E-state index in [4.69, 9.17) is 4.74 Å². The van der Waals surface area contributed by atoms with Crippen molar-refractivity contribution in [2.24, 2.45) is 0 Å². The van der Waals surface area contributed by atoms with Crippen LogP contribution >= 0.6 is 15.9 Å². The number of carbonyl (C=O) groups excluding carboxylic acids is 1. The van der Waals surface area contributed by atoms with E-state index < -0.39 is 12.1 Å². The molecule has 0 radical (unpaired) electrons. The van der Waals surface area contributed by atoms with E-state index in [9.17, 15) is 9.90 Å². The van der Waals surface area contributed by atoms with Gasteiger partial charge in [0.25, 0.3) is 0 Å². The predicted molar refractivity (Wildman–Crippen MR) is 64.9 cm³/mol. The number of esters is 1. The van der Waals surface area contributed by atoms with E-state index in [-0.39, 0.29) is 12.2 Å². The number of hydrogen-bond donors (Lipinski definition) is 1. The highest BCUT2D eigenvalue weighted by atomic mass is 79.9. The average Bonchev–Trinajstić information content (AvgIpc) is 2.28. The molecule has 1 N–H and O–H groups in total. The van der Waals surface area contributed by atoms with Crippen LogP contribution in [0.25, 0.3) is 0 Å². The van der Waals surface area contributed by atoms with Crippen LogP contribution in [0.15, 0.2) is 40.9 Å². The number of halogens is 1. The van der Waals surface area contributed by atoms with Crippen molar-refractivity contribution in [2.45, 2.75) is 13.0 Å². The van der Waals surface area contributed by atoms with Crippen molar-refractivity contribution in [1.29, 1.82) is 0 Å². The predicted octanol–water partition coefficient (Wildman–Crippen LogP) is 2.60. The van der Waals surface area contributed by atoms with Crippen LogP contribution in [0, 0.1) is 0 Å². The fourth-order valence-corrected chi connectivity index (χ4v) is 1.72. The number of aliphatic hydroxyl groups excluding tert-OH is 1.